The van der Waals surface area contributed by atoms with Gasteiger partial charge in [-0.3, -0.25) is 5.41 Å². The molecule has 0 aliphatic heterocycles. The summed E-state index contributed by atoms with van der Waals surface area (Å²) in [5.74, 6) is 0.0790. The standard InChI is InChI=1S/C13H21N3O/c1-2-16(8-9-17)10-12(13(14)15)11-6-4-3-5-7-11/h3-7,12,17H,2,8-10H2,1H3,(H3,14,15). The number of hydrogen-bond donors (Lipinski definition) is 3. The van der Waals surface area contributed by atoms with Gasteiger partial charge in [-0.2, -0.15) is 0 Å². The third-order valence-electron chi connectivity index (χ3n) is 2.88. The minimum Gasteiger partial charge on any atom is -0.395 e. The van der Waals surface area contributed by atoms with E-state index in [1.165, 1.54) is 0 Å². The van der Waals surface area contributed by atoms with E-state index in [0.29, 0.717) is 13.1 Å². The minimum atomic E-state index is -0.0947. The van der Waals surface area contributed by atoms with E-state index in [4.69, 9.17) is 16.2 Å². The van der Waals surface area contributed by atoms with E-state index in [0.717, 1.165) is 12.1 Å². The van der Waals surface area contributed by atoms with Crippen LogP contribution in [0.1, 0.15) is 18.4 Å². The first-order chi connectivity index (χ1) is 8.19. The Morgan fingerprint density at radius 2 is 2.06 bits per heavy atom. The number of nitrogens with zero attached hydrogens (tertiary/aromatic N) is 1. The molecular formula is C13H21N3O. The van der Waals surface area contributed by atoms with Crippen LogP contribution >= 0.6 is 0 Å². The van der Waals surface area contributed by atoms with Crippen molar-refractivity contribution >= 4 is 5.84 Å². The molecule has 0 aromatic heterocycles. The summed E-state index contributed by atoms with van der Waals surface area (Å²) in [6, 6.07) is 9.82. The maximum absolute atomic E-state index is 8.96. The van der Waals surface area contributed by atoms with Crippen LogP contribution in [0.2, 0.25) is 0 Å². The average Bonchev–Trinajstić information content (AvgIpc) is 2.35. The fourth-order valence-electron chi connectivity index (χ4n) is 1.85. The molecule has 0 spiro atoms. The van der Waals surface area contributed by atoms with Gasteiger partial charge in [0.05, 0.1) is 18.4 Å². The van der Waals surface area contributed by atoms with E-state index in [1.807, 2.05) is 37.3 Å². The van der Waals surface area contributed by atoms with Crippen molar-refractivity contribution < 1.29 is 5.11 Å². The highest BCUT2D eigenvalue weighted by Crippen LogP contribution is 2.16. The molecule has 0 bridgehead atoms. The predicted molar refractivity (Wildman–Crippen MR) is 70.3 cm³/mol. The summed E-state index contributed by atoms with van der Waals surface area (Å²) in [6.45, 7) is 4.31. The van der Waals surface area contributed by atoms with Gasteiger partial charge in [0.25, 0.3) is 0 Å². The molecule has 0 amide bonds. The van der Waals surface area contributed by atoms with E-state index >= 15 is 0 Å². The van der Waals surface area contributed by atoms with E-state index in [2.05, 4.69) is 4.90 Å². The molecule has 1 unspecified atom stereocenters. The van der Waals surface area contributed by atoms with Crippen LogP contribution < -0.4 is 5.73 Å². The molecule has 4 N–H and O–H groups in total. The van der Waals surface area contributed by atoms with Crippen molar-refractivity contribution in [3.05, 3.63) is 35.9 Å². The van der Waals surface area contributed by atoms with Crippen LogP contribution in [0.15, 0.2) is 30.3 Å². The van der Waals surface area contributed by atoms with Crippen LogP contribution in [0, 0.1) is 5.41 Å². The third-order valence-corrected chi connectivity index (χ3v) is 2.88. The third kappa shape index (κ3) is 4.17. The average molecular weight is 235 g/mol. The summed E-state index contributed by atoms with van der Waals surface area (Å²) >= 11 is 0. The van der Waals surface area contributed by atoms with Gasteiger partial charge < -0.3 is 15.7 Å². The first-order valence-corrected chi connectivity index (χ1v) is 5.91. The number of hydrogen-bond acceptors (Lipinski definition) is 3. The highest BCUT2D eigenvalue weighted by molar-refractivity contribution is 5.84. The number of rotatable bonds is 7. The van der Waals surface area contributed by atoms with Crippen molar-refractivity contribution in [3.8, 4) is 0 Å². The lowest BCUT2D eigenvalue weighted by Gasteiger charge is -2.25. The zero-order valence-corrected chi connectivity index (χ0v) is 10.3. The molecular weight excluding hydrogens is 214 g/mol. The maximum Gasteiger partial charge on any atom is 0.0995 e. The van der Waals surface area contributed by atoms with Gasteiger partial charge in [0.2, 0.25) is 0 Å². The lowest BCUT2D eigenvalue weighted by atomic mass is 9.97. The molecule has 1 aromatic carbocycles. The molecule has 0 saturated carbocycles. The van der Waals surface area contributed by atoms with Gasteiger partial charge >= 0.3 is 0 Å². The summed E-state index contributed by atoms with van der Waals surface area (Å²) < 4.78 is 0. The minimum absolute atomic E-state index is 0.0947. The normalized spacial score (nSPS) is 12.6. The van der Waals surface area contributed by atoms with Gasteiger partial charge in [0, 0.05) is 13.1 Å². The zero-order chi connectivity index (χ0) is 12.7. The van der Waals surface area contributed by atoms with Crippen molar-refractivity contribution in [2.75, 3.05) is 26.2 Å². The van der Waals surface area contributed by atoms with Crippen LogP contribution in [-0.4, -0.2) is 42.1 Å². The van der Waals surface area contributed by atoms with E-state index in [-0.39, 0.29) is 18.4 Å². The van der Waals surface area contributed by atoms with Crippen molar-refractivity contribution in [3.63, 3.8) is 0 Å². The molecule has 17 heavy (non-hydrogen) atoms. The quantitative estimate of drug-likeness (QED) is 0.488. The molecule has 4 heteroatoms. The van der Waals surface area contributed by atoms with Crippen LogP contribution in [0.25, 0.3) is 0 Å². The Morgan fingerprint density at radius 1 is 1.41 bits per heavy atom. The predicted octanol–water partition coefficient (Wildman–Crippen LogP) is 1.02. The Morgan fingerprint density at radius 3 is 2.53 bits per heavy atom. The fourth-order valence-corrected chi connectivity index (χ4v) is 1.85. The van der Waals surface area contributed by atoms with Gasteiger partial charge in [-0.25, -0.2) is 0 Å². The summed E-state index contributed by atoms with van der Waals surface area (Å²) in [6.07, 6.45) is 0. The number of amidine groups is 1. The Kier molecular flexibility index (Phi) is 5.66. The molecule has 0 fully saturated rings. The molecule has 1 atom stereocenters. The van der Waals surface area contributed by atoms with Crippen LogP contribution in [0.3, 0.4) is 0 Å². The number of likely N-dealkylation sites (N-methyl/N-ethyl adjacent to an activating group) is 1. The maximum atomic E-state index is 8.96. The smallest absolute Gasteiger partial charge is 0.0995 e. The first-order valence-electron chi connectivity index (χ1n) is 5.91. The van der Waals surface area contributed by atoms with Gasteiger partial charge in [0.1, 0.15) is 0 Å². The van der Waals surface area contributed by atoms with Crippen molar-refractivity contribution in [2.24, 2.45) is 5.73 Å². The summed E-state index contributed by atoms with van der Waals surface area (Å²) in [4.78, 5) is 2.10. The van der Waals surface area contributed by atoms with Crippen LogP contribution in [0.4, 0.5) is 0 Å². The number of aliphatic hydroxyl groups excluding tert-OH is 1. The van der Waals surface area contributed by atoms with Gasteiger partial charge in [-0.15, -0.1) is 0 Å². The van der Waals surface area contributed by atoms with Crippen LogP contribution in [-0.2, 0) is 0 Å². The topological polar surface area (TPSA) is 73.3 Å². The molecule has 0 saturated heterocycles. The fraction of sp³-hybridized carbons (Fsp3) is 0.462. The second-order valence-corrected chi connectivity index (χ2v) is 4.04. The van der Waals surface area contributed by atoms with Gasteiger partial charge in [0.15, 0.2) is 0 Å². The Bertz CT molecular complexity index is 340. The second kappa shape index (κ2) is 7.04. The largest absolute Gasteiger partial charge is 0.395 e. The molecule has 1 aromatic rings. The van der Waals surface area contributed by atoms with Crippen molar-refractivity contribution in [2.45, 2.75) is 12.8 Å². The molecule has 1 rings (SSSR count). The first kappa shape index (κ1) is 13.7. The molecule has 0 radical (unpaired) electrons. The van der Waals surface area contributed by atoms with E-state index in [9.17, 15) is 0 Å². The van der Waals surface area contributed by atoms with Gasteiger partial charge in [-0.05, 0) is 12.1 Å². The molecule has 0 aliphatic carbocycles. The van der Waals surface area contributed by atoms with Crippen molar-refractivity contribution in [1.29, 1.82) is 5.41 Å². The Balaban J connectivity index is 2.77. The zero-order valence-electron chi connectivity index (χ0n) is 10.3. The van der Waals surface area contributed by atoms with E-state index < -0.39 is 0 Å². The number of nitrogens with one attached hydrogen (secondary N) is 1. The summed E-state index contributed by atoms with van der Waals surface area (Å²) in [5, 5.41) is 16.6. The molecule has 0 heterocycles. The lowest BCUT2D eigenvalue weighted by Crippen LogP contribution is -2.36. The molecule has 4 nitrogen and oxygen atoms in total. The Hall–Kier alpha value is -1.39. The van der Waals surface area contributed by atoms with Gasteiger partial charge in [-0.1, -0.05) is 37.3 Å². The highest BCUT2D eigenvalue weighted by atomic mass is 16.3. The highest BCUT2D eigenvalue weighted by Gasteiger charge is 2.17. The number of aliphatic hydroxyl groups is 1. The second-order valence-electron chi connectivity index (χ2n) is 4.04. The Labute approximate surface area is 103 Å². The summed E-state index contributed by atoms with van der Waals surface area (Å²) in [7, 11) is 0. The lowest BCUT2D eigenvalue weighted by molar-refractivity contribution is 0.200. The van der Waals surface area contributed by atoms with Crippen LogP contribution in [0.5, 0.6) is 0 Å². The van der Waals surface area contributed by atoms with Crippen molar-refractivity contribution in [1.82, 2.24) is 4.90 Å². The number of nitrogens with two attached hydrogens (primary N) is 1. The van der Waals surface area contributed by atoms with E-state index in [1.54, 1.807) is 0 Å². The summed E-state index contributed by atoms with van der Waals surface area (Å²) in [5.41, 5.74) is 6.71. The SMILES string of the molecule is CCN(CCO)CC(C(=N)N)c1ccccc1. The molecule has 94 valence electrons. The number of benzene rings is 1. The molecule has 0 aliphatic rings. The monoisotopic (exact) mass is 235 g/mol.